The fourth-order valence-electron chi connectivity index (χ4n) is 2.39. The first-order valence-corrected chi connectivity index (χ1v) is 9.19. The van der Waals surface area contributed by atoms with Crippen molar-refractivity contribution < 1.29 is 28.9 Å². The van der Waals surface area contributed by atoms with Crippen LogP contribution in [0, 0.1) is 0 Å². The van der Waals surface area contributed by atoms with Crippen LogP contribution in [0.4, 0.5) is 5.13 Å². The molecule has 0 bridgehead atoms. The lowest BCUT2D eigenvalue weighted by Gasteiger charge is -2.07. The Morgan fingerprint density at radius 1 is 1.18 bits per heavy atom. The molecule has 0 fully saturated rings. The number of aromatic hydroxyl groups is 1. The largest absolute Gasteiger partial charge is 0.507 e. The fraction of sp³-hybridized carbons (Fsp3) is 0.211. The van der Waals surface area contributed by atoms with E-state index < -0.39 is 18.5 Å². The average Bonchev–Trinajstić information content (AvgIpc) is 3.07. The maximum atomic E-state index is 12.1. The van der Waals surface area contributed by atoms with Gasteiger partial charge in [-0.25, -0.2) is 9.78 Å². The number of carbonyl (C=O) groups excluding carboxylic acids is 2. The molecule has 8 nitrogen and oxygen atoms in total. The Morgan fingerprint density at radius 2 is 1.96 bits per heavy atom. The zero-order valence-corrected chi connectivity index (χ0v) is 16.0. The van der Waals surface area contributed by atoms with Crippen molar-refractivity contribution in [1.82, 2.24) is 4.98 Å². The number of carbonyl (C=O) groups is 2. The van der Waals surface area contributed by atoms with E-state index in [4.69, 9.17) is 14.2 Å². The zero-order chi connectivity index (χ0) is 20.1. The Kier molecular flexibility index (Phi) is 5.95. The average molecular weight is 402 g/mol. The molecule has 1 amide bonds. The lowest BCUT2D eigenvalue weighted by Crippen LogP contribution is -2.20. The molecule has 0 unspecified atom stereocenters. The first kappa shape index (κ1) is 19.4. The molecule has 3 rings (SSSR count). The number of thiazole rings is 1. The highest BCUT2D eigenvalue weighted by molar-refractivity contribution is 7.22. The van der Waals surface area contributed by atoms with Gasteiger partial charge in [0.15, 0.2) is 11.7 Å². The van der Waals surface area contributed by atoms with Gasteiger partial charge in [0.2, 0.25) is 0 Å². The smallest absolute Gasteiger partial charge is 0.342 e. The van der Waals surface area contributed by atoms with Crippen molar-refractivity contribution in [2.24, 2.45) is 0 Å². The quantitative estimate of drug-likeness (QED) is 0.584. The number of anilines is 1. The molecule has 2 aromatic carbocycles. The van der Waals surface area contributed by atoms with E-state index in [1.165, 1.54) is 36.6 Å². The zero-order valence-electron chi connectivity index (χ0n) is 15.2. The van der Waals surface area contributed by atoms with E-state index in [0.717, 1.165) is 16.0 Å². The number of amides is 1. The molecule has 0 saturated heterocycles. The number of esters is 1. The Morgan fingerprint density at radius 3 is 2.68 bits per heavy atom. The standard InChI is InChI=1S/C19H18N2O6S/c1-3-26-12-5-7-14-16(9-12)28-19(20-14)21-17(23)10-27-18(24)13-6-4-11(25-2)8-15(13)22/h4-9,22H,3,10H2,1-2H3,(H,20,21,23). The van der Waals surface area contributed by atoms with Crippen LogP contribution in [0.1, 0.15) is 17.3 Å². The van der Waals surface area contributed by atoms with Gasteiger partial charge in [0.05, 0.1) is 23.9 Å². The van der Waals surface area contributed by atoms with E-state index in [1.54, 1.807) is 12.1 Å². The van der Waals surface area contributed by atoms with Gasteiger partial charge in [-0.3, -0.25) is 10.1 Å². The maximum Gasteiger partial charge on any atom is 0.342 e. The summed E-state index contributed by atoms with van der Waals surface area (Å²) in [6, 6.07) is 9.61. The van der Waals surface area contributed by atoms with Crippen molar-refractivity contribution in [3.63, 3.8) is 0 Å². The van der Waals surface area contributed by atoms with Crippen LogP contribution in [-0.2, 0) is 9.53 Å². The summed E-state index contributed by atoms with van der Waals surface area (Å²) < 4.78 is 16.2. The van der Waals surface area contributed by atoms with Crippen molar-refractivity contribution in [2.75, 3.05) is 25.6 Å². The third-order valence-corrected chi connectivity index (χ3v) is 4.61. The fourth-order valence-corrected chi connectivity index (χ4v) is 3.30. The molecule has 0 aliphatic rings. The minimum Gasteiger partial charge on any atom is -0.507 e. The third-order valence-electron chi connectivity index (χ3n) is 3.68. The predicted octanol–water partition coefficient (Wildman–Crippen LogP) is 3.20. The van der Waals surface area contributed by atoms with Gasteiger partial charge in [-0.1, -0.05) is 11.3 Å². The lowest BCUT2D eigenvalue weighted by atomic mass is 10.2. The Bertz CT molecular complexity index is 1020. The number of aromatic nitrogens is 1. The second kappa shape index (κ2) is 8.57. The summed E-state index contributed by atoms with van der Waals surface area (Å²) in [5.41, 5.74) is 0.668. The number of hydrogen-bond acceptors (Lipinski definition) is 8. The van der Waals surface area contributed by atoms with Gasteiger partial charge in [-0.15, -0.1) is 0 Å². The summed E-state index contributed by atoms with van der Waals surface area (Å²) in [5, 5.41) is 12.8. The van der Waals surface area contributed by atoms with Gasteiger partial charge in [-0.05, 0) is 37.3 Å². The monoisotopic (exact) mass is 402 g/mol. The first-order valence-electron chi connectivity index (χ1n) is 8.37. The van der Waals surface area contributed by atoms with Crippen molar-refractivity contribution in [1.29, 1.82) is 0 Å². The maximum absolute atomic E-state index is 12.1. The van der Waals surface area contributed by atoms with E-state index in [-0.39, 0.29) is 11.3 Å². The molecule has 28 heavy (non-hydrogen) atoms. The molecule has 9 heteroatoms. The third kappa shape index (κ3) is 4.49. The van der Waals surface area contributed by atoms with Gasteiger partial charge >= 0.3 is 5.97 Å². The molecule has 0 aliphatic heterocycles. The van der Waals surface area contributed by atoms with Crippen LogP contribution in [0.2, 0.25) is 0 Å². The summed E-state index contributed by atoms with van der Waals surface area (Å²) in [5.74, 6) is -0.521. The van der Waals surface area contributed by atoms with E-state index >= 15 is 0 Å². The highest BCUT2D eigenvalue weighted by atomic mass is 32.1. The molecule has 0 aliphatic carbocycles. The van der Waals surface area contributed by atoms with Crippen LogP contribution in [0.25, 0.3) is 10.2 Å². The Balaban J connectivity index is 1.59. The number of ether oxygens (including phenoxy) is 3. The van der Waals surface area contributed by atoms with E-state index in [2.05, 4.69) is 10.3 Å². The molecule has 0 saturated carbocycles. The number of phenols is 1. The normalized spacial score (nSPS) is 10.5. The number of fused-ring (bicyclic) bond motifs is 1. The van der Waals surface area contributed by atoms with E-state index in [1.807, 2.05) is 13.0 Å². The Hall–Kier alpha value is -3.33. The predicted molar refractivity (Wildman–Crippen MR) is 104 cm³/mol. The second-order valence-electron chi connectivity index (χ2n) is 5.59. The van der Waals surface area contributed by atoms with Gasteiger partial charge in [0, 0.05) is 6.07 Å². The molecular formula is C19H18N2O6S. The molecule has 0 radical (unpaired) electrons. The molecule has 1 aromatic heterocycles. The van der Waals surface area contributed by atoms with Crippen LogP contribution in [0.15, 0.2) is 36.4 Å². The lowest BCUT2D eigenvalue weighted by molar-refractivity contribution is -0.119. The molecule has 0 spiro atoms. The molecule has 146 valence electrons. The van der Waals surface area contributed by atoms with E-state index in [9.17, 15) is 14.7 Å². The van der Waals surface area contributed by atoms with Crippen molar-refractivity contribution >= 4 is 38.6 Å². The van der Waals surface area contributed by atoms with E-state index in [0.29, 0.717) is 17.5 Å². The van der Waals surface area contributed by atoms with Crippen molar-refractivity contribution in [3.05, 3.63) is 42.0 Å². The minimum absolute atomic E-state index is 0.0583. The first-order chi connectivity index (χ1) is 13.5. The summed E-state index contributed by atoms with van der Waals surface area (Å²) in [6.07, 6.45) is 0. The van der Waals surface area contributed by atoms with Crippen LogP contribution >= 0.6 is 11.3 Å². The van der Waals surface area contributed by atoms with Crippen LogP contribution in [-0.4, -0.2) is 42.3 Å². The van der Waals surface area contributed by atoms with Gasteiger partial charge in [-0.2, -0.15) is 0 Å². The second-order valence-corrected chi connectivity index (χ2v) is 6.62. The highest BCUT2D eigenvalue weighted by Crippen LogP contribution is 2.29. The summed E-state index contributed by atoms with van der Waals surface area (Å²) in [7, 11) is 1.44. The van der Waals surface area contributed by atoms with Gasteiger partial charge in [0.1, 0.15) is 22.8 Å². The van der Waals surface area contributed by atoms with Crippen LogP contribution < -0.4 is 14.8 Å². The number of phenolic OH excluding ortho intramolecular Hbond substituents is 1. The number of rotatable bonds is 7. The Labute approximate surface area is 164 Å². The van der Waals surface area contributed by atoms with Crippen LogP contribution in [0.3, 0.4) is 0 Å². The van der Waals surface area contributed by atoms with Crippen molar-refractivity contribution in [3.8, 4) is 17.2 Å². The number of hydrogen-bond donors (Lipinski definition) is 2. The topological polar surface area (TPSA) is 107 Å². The number of methoxy groups -OCH3 is 1. The molecular weight excluding hydrogens is 384 g/mol. The minimum atomic E-state index is -0.819. The molecule has 0 atom stereocenters. The molecule has 1 heterocycles. The highest BCUT2D eigenvalue weighted by Gasteiger charge is 2.16. The van der Waals surface area contributed by atoms with Crippen LogP contribution in [0.5, 0.6) is 17.2 Å². The van der Waals surface area contributed by atoms with Gasteiger partial charge < -0.3 is 19.3 Å². The SMILES string of the molecule is CCOc1ccc2nc(NC(=O)COC(=O)c3ccc(OC)cc3O)sc2c1. The van der Waals surface area contributed by atoms with Gasteiger partial charge in [0.25, 0.3) is 5.91 Å². The number of nitrogens with zero attached hydrogens (tertiary/aromatic N) is 1. The summed E-state index contributed by atoms with van der Waals surface area (Å²) in [4.78, 5) is 28.4. The summed E-state index contributed by atoms with van der Waals surface area (Å²) >= 11 is 1.29. The number of benzene rings is 2. The summed E-state index contributed by atoms with van der Waals surface area (Å²) in [6.45, 7) is 1.95. The van der Waals surface area contributed by atoms with Crippen molar-refractivity contribution in [2.45, 2.75) is 6.92 Å². The molecule has 3 aromatic rings. The number of nitrogens with one attached hydrogen (secondary N) is 1. The molecule has 2 N–H and O–H groups in total.